The van der Waals surface area contributed by atoms with E-state index in [4.69, 9.17) is 10.5 Å². The predicted molar refractivity (Wildman–Crippen MR) is 95.4 cm³/mol. The van der Waals surface area contributed by atoms with Crippen LogP contribution < -0.4 is 4.90 Å². The first-order chi connectivity index (χ1) is 12.2. The first-order valence-electron chi connectivity index (χ1n) is 8.19. The number of allylic oxidation sites excluding steroid dienone is 2. The first kappa shape index (κ1) is 16.5. The Balaban J connectivity index is 1.82. The van der Waals surface area contributed by atoms with Crippen molar-refractivity contribution >= 4 is 11.6 Å². The number of anilines is 1. The molecule has 122 valence electrons. The van der Waals surface area contributed by atoms with Gasteiger partial charge in [-0.3, -0.25) is 4.79 Å². The molecule has 0 saturated heterocycles. The van der Waals surface area contributed by atoms with Gasteiger partial charge in [-0.05, 0) is 30.0 Å². The largest absolute Gasteiger partial charge is 0.307 e. The van der Waals surface area contributed by atoms with Gasteiger partial charge in [0, 0.05) is 5.69 Å². The second-order valence-corrected chi connectivity index (χ2v) is 5.94. The van der Waals surface area contributed by atoms with Crippen molar-refractivity contribution in [1.82, 2.24) is 0 Å². The molecule has 0 fully saturated rings. The Hall–Kier alpha value is -3.37. The maximum atomic E-state index is 13.0. The van der Waals surface area contributed by atoms with E-state index in [1.165, 1.54) is 0 Å². The van der Waals surface area contributed by atoms with Gasteiger partial charge in [0.15, 0.2) is 0 Å². The van der Waals surface area contributed by atoms with Crippen molar-refractivity contribution in [3.05, 3.63) is 77.4 Å². The van der Waals surface area contributed by atoms with Crippen molar-refractivity contribution in [1.29, 1.82) is 10.5 Å². The lowest BCUT2D eigenvalue weighted by molar-refractivity contribution is -0.119. The molecule has 1 aliphatic rings. The molecule has 0 aliphatic carbocycles. The van der Waals surface area contributed by atoms with Crippen molar-refractivity contribution in [2.75, 3.05) is 4.90 Å². The van der Waals surface area contributed by atoms with E-state index >= 15 is 0 Å². The zero-order valence-electron chi connectivity index (χ0n) is 13.7. The molecule has 1 amide bonds. The Morgan fingerprint density at radius 3 is 2.44 bits per heavy atom. The van der Waals surface area contributed by atoms with Crippen LogP contribution in [0.3, 0.4) is 0 Å². The zero-order chi connectivity index (χ0) is 17.6. The van der Waals surface area contributed by atoms with Gasteiger partial charge in [-0.1, -0.05) is 54.6 Å². The molecular weight excluding hydrogens is 310 g/mol. The number of hydrogen-bond donors (Lipinski definition) is 0. The lowest BCUT2D eigenvalue weighted by Crippen LogP contribution is -2.28. The average molecular weight is 327 g/mol. The van der Waals surface area contributed by atoms with Crippen LogP contribution in [0.2, 0.25) is 0 Å². The van der Waals surface area contributed by atoms with E-state index in [1.54, 1.807) is 6.08 Å². The van der Waals surface area contributed by atoms with Crippen LogP contribution in [0, 0.1) is 22.7 Å². The molecule has 4 heteroatoms. The number of benzene rings is 2. The lowest BCUT2D eigenvalue weighted by atomic mass is 9.95. The third-order valence-corrected chi connectivity index (χ3v) is 4.40. The van der Waals surface area contributed by atoms with Gasteiger partial charge in [0.25, 0.3) is 0 Å². The molecule has 4 nitrogen and oxygen atoms in total. The summed E-state index contributed by atoms with van der Waals surface area (Å²) in [7, 11) is 0. The van der Waals surface area contributed by atoms with E-state index in [2.05, 4.69) is 0 Å². The van der Waals surface area contributed by atoms with E-state index in [-0.39, 0.29) is 17.4 Å². The maximum absolute atomic E-state index is 13.0. The molecule has 1 aliphatic heterocycles. The highest BCUT2D eigenvalue weighted by Gasteiger charge is 2.36. The molecule has 25 heavy (non-hydrogen) atoms. The molecule has 0 saturated carbocycles. The summed E-state index contributed by atoms with van der Waals surface area (Å²) < 4.78 is 0. The number of fused-ring (bicyclic) bond motifs is 1. The number of amides is 1. The van der Waals surface area contributed by atoms with Gasteiger partial charge >= 0.3 is 0 Å². The molecule has 2 aromatic rings. The highest BCUT2D eigenvalue weighted by Crippen LogP contribution is 2.40. The van der Waals surface area contributed by atoms with Gasteiger partial charge in [-0.2, -0.15) is 10.5 Å². The normalized spacial score (nSPS) is 15.2. The Labute approximate surface area is 147 Å². The van der Waals surface area contributed by atoms with Crippen molar-refractivity contribution < 1.29 is 4.79 Å². The minimum Gasteiger partial charge on any atom is -0.307 e. The summed E-state index contributed by atoms with van der Waals surface area (Å²) >= 11 is 0. The summed E-state index contributed by atoms with van der Waals surface area (Å²) in [5.41, 5.74) is 3.15. The highest BCUT2D eigenvalue weighted by atomic mass is 16.2. The topological polar surface area (TPSA) is 67.9 Å². The Morgan fingerprint density at radius 2 is 1.72 bits per heavy atom. The number of carbonyl (C=O) groups is 1. The highest BCUT2D eigenvalue weighted by molar-refractivity contribution is 6.04. The quantitative estimate of drug-likeness (QED) is 0.777. The maximum Gasteiger partial charge on any atom is 0.234 e. The van der Waals surface area contributed by atoms with E-state index in [0.717, 1.165) is 16.8 Å². The fraction of sp³-hybridized carbons (Fsp3) is 0.190. The van der Waals surface area contributed by atoms with E-state index in [0.29, 0.717) is 19.4 Å². The number of nitriles is 2. The number of carbonyl (C=O) groups excluding carboxylic acids is 1. The molecule has 3 rings (SSSR count). The second kappa shape index (κ2) is 7.47. The SMILES string of the molecule is N#CC(C#N)=CCCC1C(=O)N(Cc2ccccc2)c2ccccc21. The minimum absolute atomic E-state index is 0.0777. The van der Waals surface area contributed by atoms with Crippen molar-refractivity contribution in [3.63, 3.8) is 0 Å². The van der Waals surface area contributed by atoms with Crippen molar-refractivity contribution in [2.24, 2.45) is 0 Å². The molecule has 1 unspecified atom stereocenters. The van der Waals surface area contributed by atoms with Crippen LogP contribution in [-0.4, -0.2) is 5.91 Å². The van der Waals surface area contributed by atoms with E-state index < -0.39 is 0 Å². The second-order valence-electron chi connectivity index (χ2n) is 5.94. The average Bonchev–Trinajstić information content (AvgIpc) is 2.92. The molecule has 0 radical (unpaired) electrons. The van der Waals surface area contributed by atoms with E-state index in [9.17, 15) is 4.79 Å². The summed E-state index contributed by atoms with van der Waals surface area (Å²) in [6.45, 7) is 0.546. The number of rotatable bonds is 5. The summed E-state index contributed by atoms with van der Waals surface area (Å²) in [6, 6.07) is 21.5. The third-order valence-electron chi connectivity index (χ3n) is 4.40. The Morgan fingerprint density at radius 1 is 1.04 bits per heavy atom. The summed E-state index contributed by atoms with van der Waals surface area (Å²) in [6.07, 6.45) is 2.73. The van der Waals surface area contributed by atoms with E-state index in [1.807, 2.05) is 71.6 Å². The molecule has 2 aromatic carbocycles. The Kier molecular flexibility index (Phi) is 4.92. The minimum atomic E-state index is -0.227. The Bertz CT molecular complexity index is 871. The van der Waals surface area contributed by atoms with Crippen LogP contribution in [0.15, 0.2) is 66.2 Å². The van der Waals surface area contributed by atoms with Crippen LogP contribution in [0.5, 0.6) is 0 Å². The van der Waals surface area contributed by atoms with Gasteiger partial charge in [-0.15, -0.1) is 0 Å². The first-order valence-corrected chi connectivity index (χ1v) is 8.19. The fourth-order valence-electron chi connectivity index (χ4n) is 3.19. The molecule has 0 aromatic heterocycles. The fourth-order valence-corrected chi connectivity index (χ4v) is 3.19. The predicted octanol–water partition coefficient (Wildman–Crippen LogP) is 4.07. The molecule has 0 spiro atoms. The summed E-state index contributed by atoms with van der Waals surface area (Å²) in [4.78, 5) is 14.8. The standard InChI is InChI=1S/C21H17N3O/c22-13-17(14-23)9-6-11-19-18-10-4-5-12-20(18)24(21(19)25)15-16-7-2-1-3-8-16/h1-5,7-10,12,19H,6,11,15H2. The lowest BCUT2D eigenvalue weighted by Gasteiger charge is -2.18. The van der Waals surface area contributed by atoms with Gasteiger partial charge in [0.05, 0.1) is 12.5 Å². The van der Waals surface area contributed by atoms with Crippen LogP contribution in [-0.2, 0) is 11.3 Å². The summed E-state index contributed by atoms with van der Waals surface area (Å²) in [5, 5.41) is 17.6. The van der Waals surface area contributed by atoms with Gasteiger partial charge in [0.1, 0.15) is 17.7 Å². The van der Waals surface area contributed by atoms with Crippen LogP contribution in [0.1, 0.15) is 29.9 Å². The third kappa shape index (κ3) is 3.44. The molecular formula is C21H17N3O. The van der Waals surface area contributed by atoms with Crippen LogP contribution in [0.4, 0.5) is 5.69 Å². The monoisotopic (exact) mass is 327 g/mol. The van der Waals surface area contributed by atoms with Crippen molar-refractivity contribution in [2.45, 2.75) is 25.3 Å². The van der Waals surface area contributed by atoms with Gasteiger partial charge in [-0.25, -0.2) is 0 Å². The van der Waals surface area contributed by atoms with Gasteiger partial charge in [0.2, 0.25) is 5.91 Å². The number of para-hydroxylation sites is 1. The smallest absolute Gasteiger partial charge is 0.234 e. The van der Waals surface area contributed by atoms with Crippen LogP contribution in [0.25, 0.3) is 0 Å². The number of nitrogens with zero attached hydrogens (tertiary/aromatic N) is 3. The summed E-state index contributed by atoms with van der Waals surface area (Å²) in [5.74, 6) is -0.149. The molecule has 1 atom stereocenters. The zero-order valence-corrected chi connectivity index (χ0v) is 13.7. The molecule has 1 heterocycles. The van der Waals surface area contributed by atoms with Gasteiger partial charge < -0.3 is 4.90 Å². The van der Waals surface area contributed by atoms with Crippen LogP contribution >= 0.6 is 0 Å². The van der Waals surface area contributed by atoms with Crippen molar-refractivity contribution in [3.8, 4) is 12.1 Å². The molecule has 0 bridgehead atoms. The molecule has 0 N–H and O–H groups in total. The number of hydrogen-bond acceptors (Lipinski definition) is 3.